The minimum atomic E-state index is 0.103. The maximum atomic E-state index is 11.6. The van der Waals surface area contributed by atoms with Crippen LogP contribution in [-0.4, -0.2) is 28.3 Å². The highest BCUT2D eigenvalue weighted by atomic mass is 16.1. The van der Waals surface area contributed by atoms with Gasteiger partial charge in [0, 0.05) is 12.2 Å². The quantitative estimate of drug-likeness (QED) is 0.802. The number of piperidine rings is 1. The Balaban J connectivity index is 2.08. The Morgan fingerprint density at radius 1 is 1.47 bits per heavy atom. The molecule has 1 aliphatic heterocycles. The SMILES string of the molecule is CC(=O)C1CCCCN1Cc1cccc(C)n1. The molecule has 0 aliphatic carbocycles. The van der Waals surface area contributed by atoms with E-state index in [4.69, 9.17) is 0 Å². The van der Waals surface area contributed by atoms with E-state index in [9.17, 15) is 4.79 Å². The number of pyridine rings is 1. The van der Waals surface area contributed by atoms with Gasteiger partial charge in [0.1, 0.15) is 5.78 Å². The Hall–Kier alpha value is -1.22. The van der Waals surface area contributed by atoms with Crippen LogP contribution in [0.4, 0.5) is 0 Å². The third-order valence-electron chi connectivity index (χ3n) is 3.39. The first-order valence-corrected chi connectivity index (χ1v) is 6.34. The number of carbonyl (C=O) groups is 1. The van der Waals surface area contributed by atoms with Crippen LogP contribution in [0.25, 0.3) is 0 Å². The summed E-state index contributed by atoms with van der Waals surface area (Å²) < 4.78 is 0. The highest BCUT2D eigenvalue weighted by Gasteiger charge is 2.25. The van der Waals surface area contributed by atoms with Crippen LogP contribution < -0.4 is 0 Å². The summed E-state index contributed by atoms with van der Waals surface area (Å²) in [5, 5.41) is 0. The number of aryl methyl sites for hydroxylation is 1. The number of hydrogen-bond acceptors (Lipinski definition) is 3. The third-order valence-corrected chi connectivity index (χ3v) is 3.39. The summed E-state index contributed by atoms with van der Waals surface area (Å²) in [6.45, 7) is 5.51. The second-order valence-corrected chi connectivity index (χ2v) is 4.86. The van der Waals surface area contributed by atoms with Gasteiger partial charge in [-0.2, -0.15) is 0 Å². The summed E-state index contributed by atoms with van der Waals surface area (Å²) in [6.07, 6.45) is 3.36. The Morgan fingerprint density at radius 2 is 2.29 bits per heavy atom. The fourth-order valence-electron chi connectivity index (χ4n) is 2.54. The number of rotatable bonds is 3. The normalized spacial score (nSPS) is 21.4. The molecule has 2 heterocycles. The van der Waals surface area contributed by atoms with Gasteiger partial charge in [0.2, 0.25) is 0 Å². The topological polar surface area (TPSA) is 33.2 Å². The Bertz CT molecular complexity index is 403. The lowest BCUT2D eigenvalue weighted by molar-refractivity contribution is -0.123. The van der Waals surface area contributed by atoms with Crippen LogP contribution in [0.3, 0.4) is 0 Å². The average molecular weight is 232 g/mol. The third kappa shape index (κ3) is 3.13. The average Bonchev–Trinajstić information content (AvgIpc) is 2.29. The molecule has 92 valence electrons. The second kappa shape index (κ2) is 5.41. The van der Waals surface area contributed by atoms with E-state index < -0.39 is 0 Å². The molecule has 2 rings (SSSR count). The summed E-state index contributed by atoms with van der Waals surface area (Å²) in [5.74, 6) is 0.289. The zero-order valence-corrected chi connectivity index (χ0v) is 10.6. The van der Waals surface area contributed by atoms with Crippen molar-refractivity contribution in [1.82, 2.24) is 9.88 Å². The zero-order chi connectivity index (χ0) is 12.3. The first kappa shape index (κ1) is 12.2. The Morgan fingerprint density at radius 3 is 3.00 bits per heavy atom. The second-order valence-electron chi connectivity index (χ2n) is 4.86. The molecule has 0 bridgehead atoms. The summed E-state index contributed by atoms with van der Waals surface area (Å²) >= 11 is 0. The molecule has 1 unspecified atom stereocenters. The van der Waals surface area contributed by atoms with E-state index in [2.05, 4.69) is 9.88 Å². The molecule has 1 saturated heterocycles. The van der Waals surface area contributed by atoms with Crippen LogP contribution in [0.2, 0.25) is 0 Å². The number of ketones is 1. The monoisotopic (exact) mass is 232 g/mol. The minimum Gasteiger partial charge on any atom is -0.298 e. The van der Waals surface area contributed by atoms with Crippen molar-refractivity contribution in [2.45, 2.75) is 45.7 Å². The predicted octanol–water partition coefficient (Wildman–Crippen LogP) is 2.33. The number of likely N-dealkylation sites (tertiary alicyclic amines) is 1. The van der Waals surface area contributed by atoms with Gasteiger partial charge in [-0.3, -0.25) is 14.7 Å². The summed E-state index contributed by atoms with van der Waals surface area (Å²) in [4.78, 5) is 18.4. The molecule has 0 N–H and O–H groups in total. The maximum absolute atomic E-state index is 11.6. The van der Waals surface area contributed by atoms with E-state index >= 15 is 0 Å². The fraction of sp³-hybridized carbons (Fsp3) is 0.571. The zero-order valence-electron chi connectivity index (χ0n) is 10.6. The summed E-state index contributed by atoms with van der Waals surface area (Å²) in [6, 6.07) is 6.18. The summed E-state index contributed by atoms with van der Waals surface area (Å²) in [5.41, 5.74) is 2.11. The molecule has 0 spiro atoms. The van der Waals surface area contributed by atoms with E-state index in [0.29, 0.717) is 0 Å². The van der Waals surface area contributed by atoms with E-state index in [1.165, 1.54) is 12.8 Å². The van der Waals surface area contributed by atoms with Crippen molar-refractivity contribution < 1.29 is 4.79 Å². The van der Waals surface area contributed by atoms with Crippen molar-refractivity contribution in [2.75, 3.05) is 6.54 Å². The van der Waals surface area contributed by atoms with Gasteiger partial charge in [-0.15, -0.1) is 0 Å². The van der Waals surface area contributed by atoms with Crippen molar-refractivity contribution in [3.8, 4) is 0 Å². The number of hydrogen-bond donors (Lipinski definition) is 0. The smallest absolute Gasteiger partial charge is 0.146 e. The van der Waals surface area contributed by atoms with Crippen LogP contribution in [0.15, 0.2) is 18.2 Å². The largest absolute Gasteiger partial charge is 0.298 e. The fourth-order valence-corrected chi connectivity index (χ4v) is 2.54. The van der Waals surface area contributed by atoms with Gasteiger partial charge < -0.3 is 0 Å². The van der Waals surface area contributed by atoms with E-state index in [1.54, 1.807) is 6.92 Å². The molecule has 0 radical (unpaired) electrons. The number of nitrogens with zero attached hydrogens (tertiary/aromatic N) is 2. The number of carbonyl (C=O) groups excluding carboxylic acids is 1. The first-order valence-electron chi connectivity index (χ1n) is 6.34. The summed E-state index contributed by atoms with van der Waals surface area (Å²) in [7, 11) is 0. The van der Waals surface area contributed by atoms with Crippen molar-refractivity contribution in [1.29, 1.82) is 0 Å². The molecule has 0 amide bonds. The van der Waals surface area contributed by atoms with Gasteiger partial charge in [0.25, 0.3) is 0 Å². The highest BCUT2D eigenvalue weighted by molar-refractivity contribution is 5.81. The van der Waals surface area contributed by atoms with Gasteiger partial charge in [-0.05, 0) is 45.4 Å². The van der Waals surface area contributed by atoms with E-state index in [1.807, 2.05) is 25.1 Å². The molecule has 1 aromatic heterocycles. The molecule has 0 aromatic carbocycles. The van der Waals surface area contributed by atoms with Gasteiger partial charge in [0.05, 0.1) is 11.7 Å². The molecular weight excluding hydrogens is 212 g/mol. The molecule has 1 aliphatic rings. The van der Waals surface area contributed by atoms with Crippen LogP contribution in [0.1, 0.15) is 37.6 Å². The van der Waals surface area contributed by atoms with Gasteiger partial charge >= 0.3 is 0 Å². The maximum Gasteiger partial charge on any atom is 0.146 e. The molecule has 3 nitrogen and oxygen atoms in total. The standard InChI is InChI=1S/C14H20N2O/c1-11-6-5-7-13(15-11)10-16-9-4-3-8-14(16)12(2)17/h5-7,14H,3-4,8-10H2,1-2H3. The molecule has 17 heavy (non-hydrogen) atoms. The lowest BCUT2D eigenvalue weighted by Crippen LogP contribution is -2.43. The van der Waals surface area contributed by atoms with Crippen molar-refractivity contribution in [3.05, 3.63) is 29.6 Å². The molecule has 1 atom stereocenters. The lowest BCUT2D eigenvalue weighted by Gasteiger charge is -2.33. The van der Waals surface area contributed by atoms with Crippen molar-refractivity contribution >= 4 is 5.78 Å². The Labute approximate surface area is 103 Å². The van der Waals surface area contributed by atoms with Crippen LogP contribution in [-0.2, 0) is 11.3 Å². The molecule has 0 saturated carbocycles. The van der Waals surface area contributed by atoms with E-state index in [0.717, 1.165) is 30.9 Å². The van der Waals surface area contributed by atoms with Crippen LogP contribution >= 0.6 is 0 Å². The molecule has 3 heteroatoms. The van der Waals surface area contributed by atoms with Crippen molar-refractivity contribution in [2.24, 2.45) is 0 Å². The van der Waals surface area contributed by atoms with Gasteiger partial charge in [-0.1, -0.05) is 12.5 Å². The van der Waals surface area contributed by atoms with Gasteiger partial charge in [0.15, 0.2) is 0 Å². The molecule has 1 fully saturated rings. The number of aromatic nitrogens is 1. The minimum absolute atomic E-state index is 0.103. The highest BCUT2D eigenvalue weighted by Crippen LogP contribution is 2.19. The van der Waals surface area contributed by atoms with Crippen molar-refractivity contribution in [3.63, 3.8) is 0 Å². The van der Waals surface area contributed by atoms with E-state index in [-0.39, 0.29) is 11.8 Å². The Kier molecular flexibility index (Phi) is 3.89. The van der Waals surface area contributed by atoms with Crippen LogP contribution in [0, 0.1) is 6.92 Å². The number of Topliss-reactive ketones (excluding diaryl/α,β-unsaturated/α-hetero) is 1. The first-order chi connectivity index (χ1) is 8.16. The predicted molar refractivity (Wildman–Crippen MR) is 67.7 cm³/mol. The molecular formula is C14H20N2O. The molecule has 1 aromatic rings. The lowest BCUT2D eigenvalue weighted by atomic mass is 9.99. The van der Waals surface area contributed by atoms with Gasteiger partial charge in [-0.25, -0.2) is 0 Å². The van der Waals surface area contributed by atoms with Crippen LogP contribution in [0.5, 0.6) is 0 Å².